The van der Waals surface area contributed by atoms with Crippen LogP contribution in [0.25, 0.3) is 11.4 Å². The van der Waals surface area contributed by atoms with E-state index in [-0.39, 0.29) is 0 Å². The fourth-order valence-electron chi connectivity index (χ4n) is 1.68. The number of nitrogen functional groups attached to an aromatic ring is 1. The Morgan fingerprint density at radius 1 is 1.28 bits per heavy atom. The Labute approximate surface area is 106 Å². The second kappa shape index (κ2) is 5.55. The van der Waals surface area contributed by atoms with Gasteiger partial charge in [-0.1, -0.05) is 13.3 Å². The molecule has 0 atom stereocenters. The zero-order valence-electron chi connectivity index (χ0n) is 10.6. The molecular formula is C13H17N5. The summed E-state index contributed by atoms with van der Waals surface area (Å²) < 4.78 is 0. The van der Waals surface area contributed by atoms with E-state index < -0.39 is 0 Å². The van der Waals surface area contributed by atoms with Gasteiger partial charge in [-0.05, 0) is 25.5 Å². The number of hydrogen-bond acceptors (Lipinski definition) is 5. The summed E-state index contributed by atoms with van der Waals surface area (Å²) in [6.45, 7) is 4.07. The van der Waals surface area contributed by atoms with Crippen LogP contribution in [0.3, 0.4) is 0 Å². The van der Waals surface area contributed by atoms with Crippen molar-refractivity contribution in [3.05, 3.63) is 35.8 Å². The highest BCUT2D eigenvalue weighted by molar-refractivity contribution is 5.56. The van der Waals surface area contributed by atoms with E-state index in [0.717, 1.165) is 29.8 Å². The summed E-state index contributed by atoms with van der Waals surface area (Å²) >= 11 is 0. The molecule has 0 aliphatic heterocycles. The monoisotopic (exact) mass is 243 g/mol. The zero-order chi connectivity index (χ0) is 13.0. The van der Waals surface area contributed by atoms with Crippen LogP contribution in [-0.2, 0) is 6.42 Å². The normalized spacial score (nSPS) is 10.4. The van der Waals surface area contributed by atoms with Crippen LogP contribution in [-0.4, -0.2) is 15.0 Å². The lowest BCUT2D eigenvalue weighted by atomic mass is 10.2. The van der Waals surface area contributed by atoms with Gasteiger partial charge in [0.05, 0.1) is 0 Å². The van der Waals surface area contributed by atoms with E-state index in [1.54, 1.807) is 6.20 Å². The maximum atomic E-state index is 5.43. The molecule has 3 N–H and O–H groups in total. The molecule has 0 aliphatic carbocycles. The molecular weight excluding hydrogens is 226 g/mol. The molecule has 0 aliphatic rings. The third-order valence-electron chi connectivity index (χ3n) is 2.60. The second-order valence-corrected chi connectivity index (χ2v) is 4.15. The van der Waals surface area contributed by atoms with Gasteiger partial charge in [0.25, 0.3) is 0 Å². The van der Waals surface area contributed by atoms with Crippen LogP contribution >= 0.6 is 0 Å². The van der Waals surface area contributed by atoms with Crippen LogP contribution < -0.4 is 11.3 Å². The Morgan fingerprint density at radius 3 is 2.72 bits per heavy atom. The number of aryl methyl sites for hydroxylation is 2. The van der Waals surface area contributed by atoms with Crippen LogP contribution in [0, 0.1) is 6.92 Å². The number of nitrogens with zero attached hydrogens (tertiary/aromatic N) is 3. The number of hydrogen-bond donors (Lipinski definition) is 2. The maximum Gasteiger partial charge on any atom is 0.163 e. The fourth-order valence-corrected chi connectivity index (χ4v) is 1.68. The van der Waals surface area contributed by atoms with Crippen molar-refractivity contribution >= 4 is 5.82 Å². The number of nitrogens with two attached hydrogens (primary N) is 1. The van der Waals surface area contributed by atoms with Crippen LogP contribution in [0.5, 0.6) is 0 Å². The molecule has 0 amide bonds. The van der Waals surface area contributed by atoms with E-state index in [9.17, 15) is 0 Å². The van der Waals surface area contributed by atoms with Crippen molar-refractivity contribution in [1.82, 2.24) is 15.0 Å². The molecule has 2 rings (SSSR count). The van der Waals surface area contributed by atoms with Crippen molar-refractivity contribution in [3.63, 3.8) is 0 Å². The molecule has 0 saturated carbocycles. The molecule has 0 spiro atoms. The third kappa shape index (κ3) is 2.81. The summed E-state index contributed by atoms with van der Waals surface area (Å²) in [5, 5.41) is 0. The lowest BCUT2D eigenvalue weighted by Gasteiger charge is -2.07. The lowest BCUT2D eigenvalue weighted by Crippen LogP contribution is -2.10. The first kappa shape index (κ1) is 12.4. The largest absolute Gasteiger partial charge is 0.308 e. The average molecular weight is 243 g/mol. The Hall–Kier alpha value is -2.01. The van der Waals surface area contributed by atoms with Crippen molar-refractivity contribution < 1.29 is 0 Å². The van der Waals surface area contributed by atoms with Crippen molar-refractivity contribution in [3.8, 4) is 11.4 Å². The summed E-state index contributed by atoms with van der Waals surface area (Å²) in [5.41, 5.74) is 5.43. The Kier molecular flexibility index (Phi) is 3.84. The van der Waals surface area contributed by atoms with Gasteiger partial charge in [0.2, 0.25) is 0 Å². The van der Waals surface area contributed by atoms with Crippen molar-refractivity contribution in [2.75, 3.05) is 5.43 Å². The quantitative estimate of drug-likeness (QED) is 0.635. The van der Waals surface area contributed by atoms with Crippen LogP contribution in [0.15, 0.2) is 24.4 Å². The Bertz CT molecular complexity index is 521. The van der Waals surface area contributed by atoms with Crippen LogP contribution in [0.1, 0.15) is 24.7 Å². The van der Waals surface area contributed by atoms with Gasteiger partial charge in [-0.2, -0.15) is 0 Å². The highest BCUT2D eigenvalue weighted by Gasteiger charge is 2.06. The Morgan fingerprint density at radius 2 is 2.11 bits per heavy atom. The molecule has 0 saturated heterocycles. The first-order valence-corrected chi connectivity index (χ1v) is 6.00. The van der Waals surface area contributed by atoms with Gasteiger partial charge in [0.15, 0.2) is 5.82 Å². The van der Waals surface area contributed by atoms with E-state index >= 15 is 0 Å². The average Bonchev–Trinajstić information content (AvgIpc) is 2.39. The van der Waals surface area contributed by atoms with Gasteiger partial charge in [-0.3, -0.25) is 4.98 Å². The molecule has 2 heterocycles. The summed E-state index contributed by atoms with van der Waals surface area (Å²) in [6.07, 6.45) is 3.72. The van der Waals surface area contributed by atoms with E-state index in [2.05, 4.69) is 27.3 Å². The van der Waals surface area contributed by atoms with Gasteiger partial charge >= 0.3 is 0 Å². The zero-order valence-corrected chi connectivity index (χ0v) is 10.6. The summed E-state index contributed by atoms with van der Waals surface area (Å²) in [6, 6.07) is 5.78. The topological polar surface area (TPSA) is 76.7 Å². The van der Waals surface area contributed by atoms with Crippen molar-refractivity contribution in [2.24, 2.45) is 5.84 Å². The number of hydrazine groups is 1. The van der Waals surface area contributed by atoms with E-state index in [0.29, 0.717) is 11.6 Å². The van der Waals surface area contributed by atoms with Crippen LogP contribution in [0.2, 0.25) is 0 Å². The molecule has 0 unspecified atom stereocenters. The van der Waals surface area contributed by atoms with Crippen molar-refractivity contribution in [1.29, 1.82) is 0 Å². The molecule has 0 aromatic carbocycles. The third-order valence-corrected chi connectivity index (χ3v) is 2.60. The highest BCUT2D eigenvalue weighted by atomic mass is 15.3. The minimum absolute atomic E-state index is 0.629. The molecule has 0 radical (unpaired) electrons. The molecule has 0 fully saturated rings. The standard InChI is InChI=1S/C13H17N5/c1-3-4-11-7-12(18-14)17-13(16-11)10-6-5-9(2)15-8-10/h5-8H,3-4,14H2,1-2H3,(H,16,17,18). The molecule has 94 valence electrons. The van der Waals surface area contributed by atoms with Gasteiger partial charge < -0.3 is 5.43 Å². The molecule has 5 nitrogen and oxygen atoms in total. The predicted molar refractivity (Wildman–Crippen MR) is 71.8 cm³/mol. The summed E-state index contributed by atoms with van der Waals surface area (Å²) in [7, 11) is 0. The van der Waals surface area contributed by atoms with Gasteiger partial charge in [0.1, 0.15) is 5.82 Å². The van der Waals surface area contributed by atoms with E-state index in [4.69, 9.17) is 5.84 Å². The van der Waals surface area contributed by atoms with Gasteiger partial charge in [-0.15, -0.1) is 0 Å². The smallest absolute Gasteiger partial charge is 0.163 e. The number of pyridine rings is 1. The first-order chi connectivity index (χ1) is 8.72. The van der Waals surface area contributed by atoms with E-state index in [1.165, 1.54) is 0 Å². The predicted octanol–water partition coefficient (Wildman–Crippen LogP) is 2.09. The Balaban J connectivity index is 2.42. The molecule has 2 aromatic heterocycles. The minimum Gasteiger partial charge on any atom is -0.308 e. The SMILES string of the molecule is CCCc1cc(NN)nc(-c2ccc(C)nc2)n1. The highest BCUT2D eigenvalue weighted by Crippen LogP contribution is 2.17. The number of rotatable bonds is 4. The second-order valence-electron chi connectivity index (χ2n) is 4.15. The van der Waals surface area contributed by atoms with E-state index in [1.807, 2.05) is 25.1 Å². The first-order valence-electron chi connectivity index (χ1n) is 6.00. The maximum absolute atomic E-state index is 5.43. The van der Waals surface area contributed by atoms with Crippen LogP contribution in [0.4, 0.5) is 5.82 Å². The van der Waals surface area contributed by atoms with Crippen molar-refractivity contribution in [2.45, 2.75) is 26.7 Å². The van der Waals surface area contributed by atoms with Gasteiger partial charge in [-0.25, -0.2) is 15.8 Å². The fraction of sp³-hybridized carbons (Fsp3) is 0.308. The number of anilines is 1. The molecule has 2 aromatic rings. The molecule has 5 heteroatoms. The minimum atomic E-state index is 0.629. The molecule has 18 heavy (non-hydrogen) atoms. The summed E-state index contributed by atoms with van der Waals surface area (Å²) in [4.78, 5) is 13.1. The lowest BCUT2D eigenvalue weighted by molar-refractivity contribution is 0.875. The van der Waals surface area contributed by atoms with Gasteiger partial charge in [0, 0.05) is 29.2 Å². The summed E-state index contributed by atoms with van der Waals surface area (Å²) in [5.74, 6) is 6.71. The molecule has 0 bridgehead atoms. The number of nitrogens with one attached hydrogen (secondary N) is 1. The number of aromatic nitrogens is 3.